The lowest BCUT2D eigenvalue weighted by molar-refractivity contribution is -0.143. The highest BCUT2D eigenvalue weighted by molar-refractivity contribution is 5.76. The fraction of sp³-hybridized carbons (Fsp3) is 0.944. The molecule has 0 aliphatic heterocycles. The number of carbonyl (C=O) groups is 2. The average molecular weight is 1100 g/mol. The van der Waals surface area contributed by atoms with E-state index in [4.69, 9.17) is 4.74 Å². The standard InChI is InChI=1S/C72H141NO5/c1-3-5-7-9-11-13-15-17-19-20-21-22-23-24-27-30-33-37-40-44-48-52-56-60-64-70(75)69(68-74)73-71(76)65-61-57-53-49-45-41-38-34-31-28-25-26-29-32-35-39-43-47-51-55-59-63-67-78-72(77)66-62-58-54-50-46-42-36-18-16-14-12-10-8-6-4-2/h28,31,69-70,74-75H,3-27,29-30,32-68H2,1-2H3,(H,73,76)/b31-28-. The molecule has 0 bridgehead atoms. The summed E-state index contributed by atoms with van der Waals surface area (Å²) in [5.41, 5.74) is 0. The van der Waals surface area contributed by atoms with Crippen molar-refractivity contribution in [3.05, 3.63) is 12.2 Å². The number of aliphatic hydroxyl groups excluding tert-OH is 2. The minimum Gasteiger partial charge on any atom is -0.466 e. The first kappa shape index (κ1) is 76.6. The van der Waals surface area contributed by atoms with Crippen LogP contribution in [0.5, 0.6) is 0 Å². The predicted octanol–water partition coefficient (Wildman–Crippen LogP) is 23.1. The largest absolute Gasteiger partial charge is 0.466 e. The van der Waals surface area contributed by atoms with Crippen LogP contribution in [0.4, 0.5) is 0 Å². The van der Waals surface area contributed by atoms with E-state index in [-0.39, 0.29) is 18.5 Å². The molecule has 0 saturated heterocycles. The van der Waals surface area contributed by atoms with Crippen molar-refractivity contribution in [3.8, 4) is 0 Å². The highest BCUT2D eigenvalue weighted by Crippen LogP contribution is 2.19. The smallest absolute Gasteiger partial charge is 0.305 e. The van der Waals surface area contributed by atoms with Crippen LogP contribution in [0.15, 0.2) is 12.2 Å². The quantitative estimate of drug-likeness (QED) is 0.0320. The lowest BCUT2D eigenvalue weighted by Crippen LogP contribution is -2.45. The Bertz CT molecular complexity index is 1180. The van der Waals surface area contributed by atoms with Crippen molar-refractivity contribution in [2.45, 2.75) is 424 Å². The molecular weight excluding hydrogens is 959 g/mol. The van der Waals surface area contributed by atoms with Crippen LogP contribution in [0.2, 0.25) is 0 Å². The van der Waals surface area contributed by atoms with E-state index < -0.39 is 12.1 Å². The van der Waals surface area contributed by atoms with Crippen molar-refractivity contribution in [2.75, 3.05) is 13.2 Å². The summed E-state index contributed by atoms with van der Waals surface area (Å²) in [7, 11) is 0. The van der Waals surface area contributed by atoms with E-state index in [1.807, 2.05) is 0 Å². The number of ether oxygens (including phenoxy) is 1. The van der Waals surface area contributed by atoms with Crippen LogP contribution < -0.4 is 5.32 Å². The summed E-state index contributed by atoms with van der Waals surface area (Å²) in [5, 5.41) is 23.4. The molecule has 0 spiro atoms. The molecule has 0 heterocycles. The molecule has 0 aromatic rings. The van der Waals surface area contributed by atoms with Gasteiger partial charge in [-0.3, -0.25) is 9.59 Å². The second-order valence-electron chi connectivity index (χ2n) is 24.9. The van der Waals surface area contributed by atoms with Gasteiger partial charge in [0.2, 0.25) is 5.91 Å². The maximum absolute atomic E-state index is 12.6. The topological polar surface area (TPSA) is 95.9 Å². The highest BCUT2D eigenvalue weighted by atomic mass is 16.5. The van der Waals surface area contributed by atoms with Crippen molar-refractivity contribution in [3.63, 3.8) is 0 Å². The molecule has 0 aromatic carbocycles. The fourth-order valence-corrected chi connectivity index (χ4v) is 11.6. The summed E-state index contributed by atoms with van der Waals surface area (Å²) in [6, 6.07) is -0.547. The third-order valence-corrected chi connectivity index (χ3v) is 17.1. The van der Waals surface area contributed by atoms with Crippen LogP contribution in [-0.2, 0) is 14.3 Å². The molecule has 78 heavy (non-hydrogen) atoms. The number of allylic oxidation sites excluding steroid dienone is 2. The number of esters is 1. The maximum Gasteiger partial charge on any atom is 0.305 e. The Kier molecular flexibility index (Phi) is 66.9. The molecule has 0 aliphatic carbocycles. The Morgan fingerprint density at radius 1 is 0.346 bits per heavy atom. The van der Waals surface area contributed by atoms with Gasteiger partial charge >= 0.3 is 5.97 Å². The van der Waals surface area contributed by atoms with E-state index in [9.17, 15) is 19.8 Å². The molecule has 2 unspecified atom stereocenters. The number of carbonyl (C=O) groups excluding carboxylic acids is 2. The van der Waals surface area contributed by atoms with E-state index in [1.54, 1.807) is 0 Å². The molecular formula is C72H141NO5. The van der Waals surface area contributed by atoms with Gasteiger partial charge in [0.15, 0.2) is 0 Å². The summed E-state index contributed by atoms with van der Waals surface area (Å²) in [6.45, 7) is 5.00. The molecule has 464 valence electrons. The minimum absolute atomic E-state index is 0.0142. The first-order valence-electron chi connectivity index (χ1n) is 35.9. The Hall–Kier alpha value is -1.40. The second kappa shape index (κ2) is 68.1. The summed E-state index contributed by atoms with van der Waals surface area (Å²) in [5.74, 6) is -0.0224. The molecule has 0 radical (unpaired) electrons. The highest BCUT2D eigenvalue weighted by Gasteiger charge is 2.20. The molecule has 6 nitrogen and oxygen atoms in total. The lowest BCUT2D eigenvalue weighted by atomic mass is 10.0. The van der Waals surface area contributed by atoms with Crippen molar-refractivity contribution in [1.29, 1.82) is 0 Å². The predicted molar refractivity (Wildman–Crippen MR) is 343 cm³/mol. The Balaban J connectivity index is 3.40. The monoisotopic (exact) mass is 1100 g/mol. The SMILES string of the molecule is CCCCCCCCCCCCCCCCCCCCCCCCCCC(O)C(CO)NC(=O)CCCCCCCCC/C=C\CCCCCCCCCCCCCOC(=O)CCCCCCCCCCCCCCCCC. The van der Waals surface area contributed by atoms with E-state index in [2.05, 4.69) is 31.3 Å². The van der Waals surface area contributed by atoms with Gasteiger partial charge in [0, 0.05) is 12.8 Å². The number of nitrogens with one attached hydrogen (secondary N) is 1. The van der Waals surface area contributed by atoms with E-state index in [0.29, 0.717) is 25.9 Å². The molecule has 1 amide bonds. The third-order valence-electron chi connectivity index (χ3n) is 17.1. The zero-order chi connectivity index (χ0) is 56.4. The summed E-state index contributed by atoms with van der Waals surface area (Å²) >= 11 is 0. The van der Waals surface area contributed by atoms with Crippen molar-refractivity contribution < 1.29 is 24.5 Å². The number of rotatable bonds is 68. The lowest BCUT2D eigenvalue weighted by Gasteiger charge is -2.22. The number of hydrogen-bond donors (Lipinski definition) is 3. The molecule has 6 heteroatoms. The molecule has 0 aliphatic rings. The van der Waals surface area contributed by atoms with Gasteiger partial charge in [-0.1, -0.05) is 360 Å². The number of amides is 1. The molecule has 3 N–H and O–H groups in total. The Morgan fingerprint density at radius 3 is 0.910 bits per heavy atom. The Labute approximate surface area is 489 Å². The number of hydrogen-bond acceptors (Lipinski definition) is 5. The van der Waals surface area contributed by atoms with Crippen LogP contribution in [0.1, 0.15) is 412 Å². The van der Waals surface area contributed by atoms with Crippen molar-refractivity contribution in [2.24, 2.45) is 0 Å². The maximum atomic E-state index is 12.6. The summed E-state index contributed by atoms with van der Waals surface area (Å²) in [6.07, 6.45) is 84.0. The first-order valence-corrected chi connectivity index (χ1v) is 35.9. The normalized spacial score (nSPS) is 12.5. The van der Waals surface area contributed by atoms with Crippen LogP contribution in [0, 0.1) is 0 Å². The van der Waals surface area contributed by atoms with Crippen molar-refractivity contribution in [1.82, 2.24) is 5.32 Å². The zero-order valence-corrected chi connectivity index (χ0v) is 53.2. The van der Waals surface area contributed by atoms with Gasteiger partial charge in [-0.2, -0.15) is 0 Å². The summed E-state index contributed by atoms with van der Waals surface area (Å²) < 4.78 is 5.50. The van der Waals surface area contributed by atoms with Crippen LogP contribution in [0.25, 0.3) is 0 Å². The van der Waals surface area contributed by atoms with Gasteiger partial charge in [-0.25, -0.2) is 0 Å². The van der Waals surface area contributed by atoms with Gasteiger partial charge in [0.05, 0.1) is 25.4 Å². The minimum atomic E-state index is -0.670. The molecule has 2 atom stereocenters. The van der Waals surface area contributed by atoms with Crippen LogP contribution >= 0.6 is 0 Å². The van der Waals surface area contributed by atoms with Crippen LogP contribution in [-0.4, -0.2) is 47.4 Å². The van der Waals surface area contributed by atoms with E-state index in [1.165, 1.54) is 340 Å². The molecule has 0 rings (SSSR count). The Morgan fingerprint density at radius 2 is 0.603 bits per heavy atom. The van der Waals surface area contributed by atoms with Crippen LogP contribution in [0.3, 0.4) is 0 Å². The zero-order valence-electron chi connectivity index (χ0n) is 53.2. The second-order valence-corrected chi connectivity index (χ2v) is 24.9. The van der Waals surface area contributed by atoms with Gasteiger partial charge in [0.1, 0.15) is 0 Å². The number of aliphatic hydroxyl groups is 2. The van der Waals surface area contributed by atoms with Crippen molar-refractivity contribution >= 4 is 11.9 Å². The first-order chi connectivity index (χ1) is 38.5. The van der Waals surface area contributed by atoms with E-state index in [0.717, 1.165) is 38.5 Å². The van der Waals surface area contributed by atoms with Gasteiger partial charge < -0.3 is 20.3 Å². The summed E-state index contributed by atoms with van der Waals surface area (Å²) in [4.78, 5) is 24.6. The fourth-order valence-electron chi connectivity index (χ4n) is 11.6. The number of unbranched alkanes of at least 4 members (excludes halogenated alkanes) is 55. The van der Waals surface area contributed by atoms with Gasteiger partial charge in [0.25, 0.3) is 0 Å². The third kappa shape index (κ3) is 63.8. The average Bonchev–Trinajstić information content (AvgIpc) is 3.44. The molecule has 0 saturated carbocycles. The molecule has 0 fully saturated rings. The van der Waals surface area contributed by atoms with Gasteiger partial charge in [-0.15, -0.1) is 0 Å². The van der Waals surface area contributed by atoms with E-state index >= 15 is 0 Å². The molecule has 0 aromatic heterocycles. The van der Waals surface area contributed by atoms with Gasteiger partial charge in [-0.05, 0) is 51.4 Å².